The third kappa shape index (κ3) is 3.82. The van der Waals surface area contributed by atoms with Crippen molar-refractivity contribution in [2.75, 3.05) is 6.54 Å². The van der Waals surface area contributed by atoms with Crippen molar-refractivity contribution in [3.63, 3.8) is 0 Å². The minimum absolute atomic E-state index is 0.741. The van der Waals surface area contributed by atoms with E-state index in [0.29, 0.717) is 0 Å². The highest BCUT2D eigenvalue weighted by Gasteiger charge is 2.12. The third-order valence-corrected chi connectivity index (χ3v) is 4.50. The Balaban J connectivity index is 1.82. The number of rotatable bonds is 5. The molecule has 1 aliphatic carbocycles. The molecule has 1 heterocycles. The fourth-order valence-electron chi connectivity index (χ4n) is 3.32. The molecule has 1 aromatic heterocycles. The Bertz CT molecular complexity index is 387. The van der Waals surface area contributed by atoms with Crippen LogP contribution in [0.15, 0.2) is 0 Å². The number of aromatic nitrogens is 2. The fourth-order valence-corrected chi connectivity index (χ4v) is 3.32. The zero-order valence-electron chi connectivity index (χ0n) is 12.8. The summed E-state index contributed by atoms with van der Waals surface area (Å²) in [7, 11) is 0. The van der Waals surface area contributed by atoms with E-state index >= 15 is 0 Å². The van der Waals surface area contributed by atoms with Crippen molar-refractivity contribution < 1.29 is 0 Å². The Morgan fingerprint density at radius 2 is 1.84 bits per heavy atom. The molecule has 0 atom stereocenters. The van der Waals surface area contributed by atoms with E-state index in [0.717, 1.165) is 25.6 Å². The van der Waals surface area contributed by atoms with Crippen molar-refractivity contribution >= 4 is 0 Å². The van der Waals surface area contributed by atoms with Gasteiger partial charge in [0.25, 0.3) is 0 Å². The highest BCUT2D eigenvalue weighted by molar-refractivity contribution is 5.24. The van der Waals surface area contributed by atoms with Crippen LogP contribution in [-0.4, -0.2) is 22.4 Å². The lowest BCUT2D eigenvalue weighted by Crippen LogP contribution is -2.31. The minimum Gasteiger partial charge on any atom is -0.312 e. The lowest BCUT2D eigenvalue weighted by atomic mass is 10.1. The molecule has 1 saturated carbocycles. The second-order valence-corrected chi connectivity index (χ2v) is 5.87. The van der Waals surface area contributed by atoms with Crippen LogP contribution in [0.2, 0.25) is 0 Å². The molecule has 1 N–H and O–H groups in total. The van der Waals surface area contributed by atoms with Crippen LogP contribution in [0.3, 0.4) is 0 Å². The van der Waals surface area contributed by atoms with Crippen molar-refractivity contribution in [2.45, 2.75) is 78.3 Å². The largest absolute Gasteiger partial charge is 0.312 e. The molecule has 0 aromatic carbocycles. The van der Waals surface area contributed by atoms with Gasteiger partial charge in [-0.3, -0.25) is 4.68 Å². The van der Waals surface area contributed by atoms with Gasteiger partial charge in [0.05, 0.1) is 12.2 Å². The molecule has 2 rings (SSSR count). The van der Waals surface area contributed by atoms with Gasteiger partial charge in [0, 0.05) is 18.3 Å². The second kappa shape index (κ2) is 7.09. The zero-order valence-corrected chi connectivity index (χ0v) is 12.8. The minimum atomic E-state index is 0.741. The summed E-state index contributed by atoms with van der Waals surface area (Å²) >= 11 is 0. The zero-order chi connectivity index (χ0) is 13.7. The summed E-state index contributed by atoms with van der Waals surface area (Å²) in [6, 6.07) is 0.741. The van der Waals surface area contributed by atoms with Crippen LogP contribution in [0.4, 0.5) is 0 Å². The summed E-state index contributed by atoms with van der Waals surface area (Å²) in [4.78, 5) is 0. The van der Waals surface area contributed by atoms with E-state index in [9.17, 15) is 0 Å². The molecular formula is C16H29N3. The highest BCUT2D eigenvalue weighted by atomic mass is 15.3. The standard InChI is InChI=1S/C16H29N3/c1-4-16-13(2)18-19(14(16)3)12-11-17-15-9-7-5-6-8-10-15/h15,17H,4-12H2,1-3H3. The van der Waals surface area contributed by atoms with Crippen molar-refractivity contribution in [1.82, 2.24) is 15.1 Å². The van der Waals surface area contributed by atoms with E-state index < -0.39 is 0 Å². The maximum atomic E-state index is 4.66. The molecule has 108 valence electrons. The molecule has 19 heavy (non-hydrogen) atoms. The summed E-state index contributed by atoms with van der Waals surface area (Å²) in [5.74, 6) is 0. The van der Waals surface area contributed by atoms with Crippen molar-refractivity contribution in [3.8, 4) is 0 Å². The van der Waals surface area contributed by atoms with E-state index in [4.69, 9.17) is 0 Å². The first-order valence-electron chi connectivity index (χ1n) is 7.98. The van der Waals surface area contributed by atoms with E-state index in [-0.39, 0.29) is 0 Å². The predicted molar refractivity (Wildman–Crippen MR) is 80.6 cm³/mol. The first kappa shape index (κ1) is 14.6. The van der Waals surface area contributed by atoms with Gasteiger partial charge in [-0.2, -0.15) is 5.10 Å². The van der Waals surface area contributed by atoms with Gasteiger partial charge in [0.15, 0.2) is 0 Å². The molecule has 0 saturated heterocycles. The molecule has 1 fully saturated rings. The molecule has 0 bridgehead atoms. The van der Waals surface area contributed by atoms with Gasteiger partial charge >= 0.3 is 0 Å². The molecule has 1 aliphatic rings. The van der Waals surface area contributed by atoms with Gasteiger partial charge in [-0.25, -0.2) is 0 Å². The van der Waals surface area contributed by atoms with E-state index in [2.05, 4.69) is 35.9 Å². The Morgan fingerprint density at radius 3 is 2.42 bits per heavy atom. The molecule has 3 nitrogen and oxygen atoms in total. The van der Waals surface area contributed by atoms with Gasteiger partial charge in [-0.05, 0) is 38.7 Å². The summed E-state index contributed by atoms with van der Waals surface area (Å²) in [6.07, 6.45) is 9.46. The Hall–Kier alpha value is -0.830. The van der Waals surface area contributed by atoms with Crippen LogP contribution in [0, 0.1) is 13.8 Å². The number of nitrogens with zero attached hydrogens (tertiary/aromatic N) is 2. The number of hydrogen-bond acceptors (Lipinski definition) is 2. The molecule has 0 radical (unpaired) electrons. The lowest BCUT2D eigenvalue weighted by Gasteiger charge is -2.16. The average molecular weight is 263 g/mol. The molecule has 0 aliphatic heterocycles. The first-order valence-corrected chi connectivity index (χ1v) is 7.98. The van der Waals surface area contributed by atoms with Crippen molar-refractivity contribution in [2.24, 2.45) is 0 Å². The molecule has 0 spiro atoms. The predicted octanol–water partition coefficient (Wildman–Crippen LogP) is 3.37. The SMILES string of the molecule is CCc1c(C)nn(CCNC2CCCCCC2)c1C. The molecular weight excluding hydrogens is 234 g/mol. The van der Waals surface area contributed by atoms with Crippen molar-refractivity contribution in [3.05, 3.63) is 17.0 Å². The lowest BCUT2D eigenvalue weighted by molar-refractivity contribution is 0.434. The van der Waals surface area contributed by atoms with E-state index in [1.54, 1.807) is 0 Å². The summed E-state index contributed by atoms with van der Waals surface area (Å²) in [5, 5.41) is 8.38. The van der Waals surface area contributed by atoms with Crippen LogP contribution >= 0.6 is 0 Å². The van der Waals surface area contributed by atoms with Gasteiger partial charge < -0.3 is 5.32 Å². The summed E-state index contributed by atoms with van der Waals surface area (Å²) in [5.41, 5.74) is 3.98. The average Bonchev–Trinajstić information content (AvgIpc) is 2.61. The summed E-state index contributed by atoms with van der Waals surface area (Å²) in [6.45, 7) is 8.59. The Kier molecular flexibility index (Phi) is 5.44. The number of hydrogen-bond donors (Lipinski definition) is 1. The Morgan fingerprint density at radius 1 is 1.16 bits per heavy atom. The van der Waals surface area contributed by atoms with Crippen LogP contribution in [0.1, 0.15) is 62.4 Å². The molecule has 1 aromatic rings. The number of aryl methyl sites for hydroxylation is 1. The number of nitrogens with one attached hydrogen (secondary N) is 1. The van der Waals surface area contributed by atoms with Gasteiger partial charge in [-0.15, -0.1) is 0 Å². The topological polar surface area (TPSA) is 29.9 Å². The van der Waals surface area contributed by atoms with Crippen LogP contribution in [-0.2, 0) is 13.0 Å². The van der Waals surface area contributed by atoms with Crippen LogP contribution < -0.4 is 5.32 Å². The van der Waals surface area contributed by atoms with Crippen LogP contribution in [0.25, 0.3) is 0 Å². The molecule has 0 amide bonds. The summed E-state index contributed by atoms with van der Waals surface area (Å²) < 4.78 is 2.18. The van der Waals surface area contributed by atoms with Gasteiger partial charge in [0.1, 0.15) is 0 Å². The third-order valence-electron chi connectivity index (χ3n) is 4.50. The fraction of sp³-hybridized carbons (Fsp3) is 0.812. The van der Waals surface area contributed by atoms with E-state index in [1.165, 1.54) is 55.5 Å². The normalized spacial score (nSPS) is 17.6. The molecule has 0 unspecified atom stereocenters. The van der Waals surface area contributed by atoms with Gasteiger partial charge in [0.2, 0.25) is 0 Å². The molecule has 3 heteroatoms. The van der Waals surface area contributed by atoms with Gasteiger partial charge in [-0.1, -0.05) is 32.6 Å². The maximum Gasteiger partial charge on any atom is 0.0628 e. The second-order valence-electron chi connectivity index (χ2n) is 5.87. The smallest absolute Gasteiger partial charge is 0.0628 e. The van der Waals surface area contributed by atoms with E-state index in [1.807, 2.05) is 0 Å². The van der Waals surface area contributed by atoms with Crippen molar-refractivity contribution in [1.29, 1.82) is 0 Å². The Labute approximate surface area is 117 Å². The maximum absolute atomic E-state index is 4.66. The monoisotopic (exact) mass is 263 g/mol. The first-order chi connectivity index (χ1) is 9.22. The highest BCUT2D eigenvalue weighted by Crippen LogP contribution is 2.17. The van der Waals surface area contributed by atoms with Crippen LogP contribution in [0.5, 0.6) is 0 Å². The quantitative estimate of drug-likeness (QED) is 0.825.